The van der Waals surface area contributed by atoms with Crippen molar-refractivity contribution in [2.45, 2.75) is 71.3 Å². The van der Waals surface area contributed by atoms with Crippen molar-refractivity contribution in [3.63, 3.8) is 0 Å². The Bertz CT molecular complexity index is 571. The van der Waals surface area contributed by atoms with Gasteiger partial charge in [0.2, 0.25) is 0 Å². The number of allylic oxidation sites excluding steroid dienone is 3. The second kappa shape index (κ2) is 10.2. The van der Waals surface area contributed by atoms with Crippen molar-refractivity contribution >= 4 is 0 Å². The van der Waals surface area contributed by atoms with Crippen molar-refractivity contribution in [3.8, 4) is 11.8 Å². The molecule has 0 spiro atoms. The van der Waals surface area contributed by atoms with Crippen LogP contribution in [0.3, 0.4) is 0 Å². The molecule has 2 aliphatic rings. The van der Waals surface area contributed by atoms with Crippen LogP contribution in [-0.2, 0) is 0 Å². The topological polar surface area (TPSA) is 67.2 Å². The molecule has 5 heteroatoms. The summed E-state index contributed by atoms with van der Waals surface area (Å²) < 4.78 is 0. The molecule has 25 heavy (non-hydrogen) atoms. The molecule has 2 rings (SSSR count). The van der Waals surface area contributed by atoms with E-state index in [0.717, 1.165) is 45.2 Å². The molecule has 1 aliphatic carbocycles. The van der Waals surface area contributed by atoms with Gasteiger partial charge >= 0.3 is 0 Å². The van der Waals surface area contributed by atoms with Crippen LogP contribution in [-0.4, -0.2) is 24.1 Å². The predicted molar refractivity (Wildman–Crippen MR) is 101 cm³/mol. The molecule has 5 nitrogen and oxygen atoms in total. The van der Waals surface area contributed by atoms with Crippen molar-refractivity contribution in [1.82, 2.24) is 10.6 Å². The Labute approximate surface area is 151 Å². The lowest BCUT2D eigenvalue weighted by atomic mass is 9.83. The van der Waals surface area contributed by atoms with E-state index in [1.807, 2.05) is 13.8 Å². The molecule has 0 aromatic heterocycles. The molecule has 0 amide bonds. The Hall–Kier alpha value is -1.80. The lowest BCUT2D eigenvalue weighted by molar-refractivity contribution is -0.429. The third kappa shape index (κ3) is 5.61. The minimum atomic E-state index is -0.514. The van der Waals surface area contributed by atoms with Gasteiger partial charge in [0.05, 0.1) is 4.92 Å². The normalized spacial score (nSPS) is 19.4. The highest BCUT2D eigenvalue weighted by Crippen LogP contribution is 2.34. The minimum absolute atomic E-state index is 0.203. The third-order valence-corrected chi connectivity index (χ3v) is 4.96. The number of piperidine rings is 1. The van der Waals surface area contributed by atoms with Gasteiger partial charge in [-0.25, -0.2) is 0 Å². The van der Waals surface area contributed by atoms with E-state index in [0.29, 0.717) is 18.8 Å². The fourth-order valence-corrected chi connectivity index (χ4v) is 3.38. The maximum absolute atomic E-state index is 11.6. The Balaban J connectivity index is 2.27. The Kier molecular flexibility index (Phi) is 8.00. The molecule has 1 saturated carbocycles. The number of nitrogens with zero attached hydrogens (tertiary/aromatic N) is 1. The summed E-state index contributed by atoms with van der Waals surface area (Å²) in [6.07, 6.45) is 9.70. The molecule has 1 aliphatic heterocycles. The van der Waals surface area contributed by atoms with E-state index in [-0.39, 0.29) is 10.6 Å². The zero-order valence-electron chi connectivity index (χ0n) is 15.6. The van der Waals surface area contributed by atoms with E-state index in [2.05, 4.69) is 22.5 Å². The maximum Gasteiger partial charge on any atom is 0.276 e. The summed E-state index contributed by atoms with van der Waals surface area (Å²) in [4.78, 5) is 11.4. The number of nitrogens with one attached hydrogen (secondary N) is 2. The molecule has 0 bridgehead atoms. The summed E-state index contributed by atoms with van der Waals surface area (Å²) in [5.74, 6) is 6.64. The highest BCUT2D eigenvalue weighted by molar-refractivity contribution is 5.28. The van der Waals surface area contributed by atoms with Gasteiger partial charge in [-0.15, -0.1) is 5.92 Å². The van der Waals surface area contributed by atoms with Crippen molar-refractivity contribution < 1.29 is 4.92 Å². The number of hydrogen-bond donors (Lipinski definition) is 2. The zero-order chi connectivity index (χ0) is 18.1. The molecule has 1 unspecified atom stereocenters. The number of unbranched alkanes of at least 4 members (excludes halogenated alkanes) is 1. The monoisotopic (exact) mass is 345 g/mol. The smallest absolute Gasteiger partial charge is 0.276 e. The van der Waals surface area contributed by atoms with Gasteiger partial charge in [-0.05, 0) is 57.7 Å². The average Bonchev–Trinajstić information content (AvgIpc) is 2.57. The highest BCUT2D eigenvalue weighted by Gasteiger charge is 2.29. The maximum atomic E-state index is 11.6. The van der Waals surface area contributed by atoms with Gasteiger partial charge in [0.25, 0.3) is 5.70 Å². The second-order valence-corrected chi connectivity index (χ2v) is 6.82. The molecule has 0 aromatic rings. The van der Waals surface area contributed by atoms with Crippen LogP contribution in [0.25, 0.3) is 0 Å². The SMILES string of the molecule is CCC#CC(NC(=C1CCC1)C1CCNCC1)/C(=C\CCC)[N+](=O)[O-]. The highest BCUT2D eigenvalue weighted by atomic mass is 16.6. The van der Waals surface area contributed by atoms with Crippen LogP contribution < -0.4 is 10.6 Å². The molecular formula is C20H31N3O2. The first-order valence-corrected chi connectivity index (χ1v) is 9.69. The van der Waals surface area contributed by atoms with E-state index in [1.54, 1.807) is 6.08 Å². The second-order valence-electron chi connectivity index (χ2n) is 6.82. The first-order valence-electron chi connectivity index (χ1n) is 9.69. The summed E-state index contributed by atoms with van der Waals surface area (Å²) >= 11 is 0. The molecule has 2 fully saturated rings. The van der Waals surface area contributed by atoms with E-state index in [1.165, 1.54) is 17.7 Å². The van der Waals surface area contributed by atoms with E-state index < -0.39 is 6.04 Å². The van der Waals surface area contributed by atoms with Gasteiger partial charge in [-0.2, -0.15) is 0 Å². The quantitative estimate of drug-likeness (QED) is 0.419. The molecule has 0 aromatic carbocycles. The lowest BCUT2D eigenvalue weighted by Crippen LogP contribution is -2.39. The van der Waals surface area contributed by atoms with Gasteiger partial charge < -0.3 is 10.6 Å². The van der Waals surface area contributed by atoms with Gasteiger partial charge in [0, 0.05) is 18.0 Å². The number of rotatable bonds is 7. The van der Waals surface area contributed by atoms with Crippen LogP contribution in [0.1, 0.15) is 65.2 Å². The number of nitro groups is 1. The summed E-state index contributed by atoms with van der Waals surface area (Å²) in [6, 6.07) is -0.514. The Morgan fingerprint density at radius 3 is 2.64 bits per heavy atom. The van der Waals surface area contributed by atoms with Crippen LogP contribution >= 0.6 is 0 Å². The summed E-state index contributed by atoms with van der Waals surface area (Å²) in [5, 5.41) is 18.5. The van der Waals surface area contributed by atoms with Crippen molar-refractivity contribution in [1.29, 1.82) is 0 Å². The van der Waals surface area contributed by atoms with Gasteiger partial charge in [0.1, 0.15) is 0 Å². The molecular weight excluding hydrogens is 314 g/mol. The van der Waals surface area contributed by atoms with Crippen molar-refractivity contribution in [3.05, 3.63) is 33.2 Å². The molecule has 138 valence electrons. The van der Waals surface area contributed by atoms with Crippen LogP contribution in [0.15, 0.2) is 23.0 Å². The predicted octanol–water partition coefficient (Wildman–Crippen LogP) is 3.76. The van der Waals surface area contributed by atoms with E-state index in [9.17, 15) is 10.1 Å². The fraction of sp³-hybridized carbons (Fsp3) is 0.700. The molecule has 1 atom stereocenters. The molecule has 1 saturated heterocycles. The Morgan fingerprint density at radius 1 is 1.40 bits per heavy atom. The van der Waals surface area contributed by atoms with Crippen LogP contribution in [0.5, 0.6) is 0 Å². The number of hydrogen-bond acceptors (Lipinski definition) is 4. The first kappa shape index (κ1) is 19.5. The van der Waals surface area contributed by atoms with Crippen molar-refractivity contribution in [2.24, 2.45) is 5.92 Å². The van der Waals surface area contributed by atoms with Crippen LogP contribution in [0, 0.1) is 27.9 Å². The summed E-state index contributed by atoms with van der Waals surface area (Å²) in [6.45, 7) is 6.04. The first-order chi connectivity index (χ1) is 12.2. The van der Waals surface area contributed by atoms with Gasteiger partial charge in [-0.1, -0.05) is 31.8 Å². The average molecular weight is 345 g/mol. The fourth-order valence-electron chi connectivity index (χ4n) is 3.38. The van der Waals surface area contributed by atoms with Gasteiger partial charge in [0.15, 0.2) is 6.04 Å². The van der Waals surface area contributed by atoms with E-state index in [4.69, 9.17) is 0 Å². The van der Waals surface area contributed by atoms with Crippen LogP contribution in [0.2, 0.25) is 0 Å². The molecule has 0 radical (unpaired) electrons. The van der Waals surface area contributed by atoms with Gasteiger partial charge in [-0.3, -0.25) is 10.1 Å². The molecule has 1 heterocycles. The van der Waals surface area contributed by atoms with E-state index >= 15 is 0 Å². The lowest BCUT2D eigenvalue weighted by Gasteiger charge is -2.32. The third-order valence-electron chi connectivity index (χ3n) is 4.96. The Morgan fingerprint density at radius 2 is 2.12 bits per heavy atom. The standard InChI is InChI=1S/C20H31N3O2/c1-3-5-10-18(19(23(24)25)11-6-4-2)22-20(16-8-7-9-16)17-12-14-21-15-13-17/h11,17-18,21-22H,3-4,6-9,12-15H2,1-2H3/b19-11+. The van der Waals surface area contributed by atoms with Crippen LogP contribution in [0.4, 0.5) is 0 Å². The van der Waals surface area contributed by atoms with Crippen molar-refractivity contribution in [2.75, 3.05) is 13.1 Å². The zero-order valence-corrected chi connectivity index (χ0v) is 15.6. The summed E-state index contributed by atoms with van der Waals surface area (Å²) in [7, 11) is 0. The minimum Gasteiger partial charge on any atom is -0.366 e. The summed E-state index contributed by atoms with van der Waals surface area (Å²) in [5.41, 5.74) is 2.90. The largest absolute Gasteiger partial charge is 0.366 e. The molecule has 2 N–H and O–H groups in total.